The largest absolute Gasteiger partial charge is 0.480 e. The summed E-state index contributed by atoms with van der Waals surface area (Å²) in [5.41, 5.74) is 5.06. The smallest absolute Gasteiger partial charge is 0.317 e. The number of alkyl halides is 1. The zero-order valence-corrected chi connectivity index (χ0v) is 8.97. The molecule has 0 aromatic carbocycles. The van der Waals surface area contributed by atoms with Crippen molar-refractivity contribution in [3.8, 4) is 0 Å². The molecule has 0 bridgehead atoms. The second kappa shape index (κ2) is 5.80. The van der Waals surface area contributed by atoms with Crippen LogP contribution < -0.4 is 11.1 Å². The fourth-order valence-electron chi connectivity index (χ4n) is 0.824. The van der Waals surface area contributed by atoms with Crippen molar-refractivity contribution in [2.45, 2.75) is 18.2 Å². The lowest BCUT2D eigenvalue weighted by molar-refractivity contribution is -0.137. The van der Waals surface area contributed by atoms with Crippen LogP contribution in [0.3, 0.4) is 0 Å². The van der Waals surface area contributed by atoms with Crippen molar-refractivity contribution in [1.29, 1.82) is 5.41 Å². The predicted octanol–water partition coefficient (Wildman–Crippen LogP) is 0.344. The van der Waals surface area contributed by atoms with Crippen LogP contribution in [0.25, 0.3) is 0 Å². The maximum Gasteiger partial charge on any atom is 0.317 e. The highest BCUT2D eigenvalue weighted by Crippen LogP contribution is 2.15. The Bertz CT molecular complexity index is 198. The molecule has 0 aliphatic carbocycles. The third-order valence-electron chi connectivity index (χ3n) is 1.65. The van der Waals surface area contributed by atoms with Crippen molar-refractivity contribution in [2.75, 3.05) is 6.54 Å². The van der Waals surface area contributed by atoms with E-state index in [1.165, 1.54) is 0 Å². The minimum Gasteiger partial charge on any atom is -0.480 e. The molecule has 0 aromatic rings. The average molecular weight is 252 g/mol. The van der Waals surface area contributed by atoms with Crippen molar-refractivity contribution < 1.29 is 9.90 Å². The molecule has 5 nitrogen and oxygen atoms in total. The van der Waals surface area contributed by atoms with Crippen LogP contribution in [0.1, 0.15) is 13.3 Å². The van der Waals surface area contributed by atoms with Crippen molar-refractivity contribution in [1.82, 2.24) is 5.32 Å². The van der Waals surface area contributed by atoms with Gasteiger partial charge in [0.2, 0.25) is 0 Å². The molecule has 0 rings (SSSR count). The van der Waals surface area contributed by atoms with Gasteiger partial charge in [-0.2, -0.15) is 0 Å². The Morgan fingerprint density at radius 1 is 1.77 bits per heavy atom. The van der Waals surface area contributed by atoms with Gasteiger partial charge in [-0.15, -0.1) is 0 Å². The van der Waals surface area contributed by atoms with Gasteiger partial charge in [-0.1, -0.05) is 22.9 Å². The summed E-state index contributed by atoms with van der Waals surface area (Å²) in [6.45, 7) is 2.35. The summed E-state index contributed by atoms with van der Waals surface area (Å²) in [5.74, 6) is -0.951. The number of halogens is 1. The number of nitrogens with two attached hydrogens (primary N) is 1. The molecule has 0 aromatic heterocycles. The van der Waals surface area contributed by atoms with Gasteiger partial charge in [-0.3, -0.25) is 10.2 Å². The first-order valence-corrected chi connectivity index (χ1v) is 4.81. The zero-order chi connectivity index (χ0) is 10.4. The molecule has 2 unspecified atom stereocenters. The van der Waals surface area contributed by atoms with Gasteiger partial charge in [0.05, 0.1) is 0 Å². The molecular weight excluding hydrogens is 238 g/mol. The number of guanidine groups is 1. The molecule has 0 heterocycles. The number of hydrogen-bond acceptors (Lipinski definition) is 2. The first-order valence-electron chi connectivity index (χ1n) is 3.90. The number of carboxylic acids is 1. The molecule has 0 aliphatic heterocycles. The highest BCUT2D eigenvalue weighted by atomic mass is 79.9. The van der Waals surface area contributed by atoms with Crippen LogP contribution in [0.15, 0.2) is 0 Å². The first-order chi connectivity index (χ1) is 5.95. The van der Waals surface area contributed by atoms with Gasteiger partial charge in [0.1, 0.15) is 4.83 Å². The summed E-state index contributed by atoms with van der Waals surface area (Å²) < 4.78 is 0. The van der Waals surface area contributed by atoms with Gasteiger partial charge in [-0.25, -0.2) is 0 Å². The van der Waals surface area contributed by atoms with Gasteiger partial charge in [-0.05, 0) is 12.3 Å². The van der Waals surface area contributed by atoms with Gasteiger partial charge in [0, 0.05) is 6.54 Å². The van der Waals surface area contributed by atoms with Gasteiger partial charge in [0.25, 0.3) is 0 Å². The summed E-state index contributed by atoms with van der Waals surface area (Å²) in [4.78, 5) is 9.96. The van der Waals surface area contributed by atoms with Crippen LogP contribution in [-0.4, -0.2) is 28.4 Å². The van der Waals surface area contributed by atoms with E-state index in [1.54, 1.807) is 0 Å². The maximum absolute atomic E-state index is 10.5. The van der Waals surface area contributed by atoms with E-state index >= 15 is 0 Å². The quantitative estimate of drug-likeness (QED) is 0.322. The van der Waals surface area contributed by atoms with Crippen LogP contribution in [0.5, 0.6) is 0 Å². The van der Waals surface area contributed by atoms with Gasteiger partial charge in [0.15, 0.2) is 5.96 Å². The Hall–Kier alpha value is -0.780. The highest BCUT2D eigenvalue weighted by Gasteiger charge is 2.20. The molecule has 0 fully saturated rings. The van der Waals surface area contributed by atoms with E-state index in [9.17, 15) is 4.79 Å². The molecule has 6 heteroatoms. The monoisotopic (exact) mass is 251 g/mol. The second-order valence-electron chi connectivity index (χ2n) is 2.85. The number of carboxylic acid groups (broad SMARTS) is 1. The Labute approximate surface area is 85.3 Å². The van der Waals surface area contributed by atoms with E-state index in [4.69, 9.17) is 16.2 Å². The van der Waals surface area contributed by atoms with Gasteiger partial charge >= 0.3 is 5.97 Å². The van der Waals surface area contributed by atoms with Crippen LogP contribution in [-0.2, 0) is 4.79 Å². The Morgan fingerprint density at radius 3 is 2.69 bits per heavy atom. The third kappa shape index (κ3) is 5.46. The predicted molar refractivity (Wildman–Crippen MR) is 54.0 cm³/mol. The van der Waals surface area contributed by atoms with E-state index in [2.05, 4.69) is 21.2 Å². The standard InChI is InChI=1S/C7H14BrN3O2/c1-4(5(8)6(12)13)2-3-11-7(9)10/h4-5H,2-3H2,1H3,(H,12,13)(H4,9,10,11). The molecule has 13 heavy (non-hydrogen) atoms. The van der Waals surface area contributed by atoms with E-state index in [0.717, 1.165) is 0 Å². The third-order valence-corrected chi connectivity index (χ3v) is 2.94. The fourth-order valence-corrected chi connectivity index (χ4v) is 1.09. The molecule has 5 N–H and O–H groups in total. The fraction of sp³-hybridized carbons (Fsp3) is 0.714. The van der Waals surface area contributed by atoms with Crippen LogP contribution in [0, 0.1) is 11.3 Å². The average Bonchev–Trinajstić information content (AvgIpc) is 2.02. The minimum atomic E-state index is -0.865. The van der Waals surface area contributed by atoms with Crippen molar-refractivity contribution in [3.63, 3.8) is 0 Å². The molecule has 0 amide bonds. The first kappa shape index (κ1) is 12.2. The van der Waals surface area contributed by atoms with Crippen molar-refractivity contribution >= 4 is 27.9 Å². The van der Waals surface area contributed by atoms with Crippen LogP contribution in [0.4, 0.5) is 0 Å². The van der Waals surface area contributed by atoms with E-state index in [0.29, 0.717) is 13.0 Å². The minimum absolute atomic E-state index is 0.00403. The Kier molecular flexibility index (Phi) is 5.45. The van der Waals surface area contributed by atoms with E-state index in [1.807, 2.05) is 6.92 Å². The topological polar surface area (TPSA) is 99.2 Å². The number of aliphatic carboxylic acids is 1. The van der Waals surface area contributed by atoms with Crippen LogP contribution >= 0.6 is 15.9 Å². The van der Waals surface area contributed by atoms with E-state index < -0.39 is 10.8 Å². The summed E-state index contributed by atoms with van der Waals surface area (Å²) in [7, 11) is 0. The summed E-state index contributed by atoms with van der Waals surface area (Å²) in [5, 5.41) is 18.1. The summed E-state index contributed by atoms with van der Waals surface area (Å²) in [6.07, 6.45) is 0.655. The molecule has 2 atom stereocenters. The zero-order valence-electron chi connectivity index (χ0n) is 7.38. The summed E-state index contributed by atoms with van der Waals surface area (Å²) >= 11 is 3.06. The summed E-state index contributed by atoms with van der Waals surface area (Å²) in [6, 6.07) is 0. The molecule has 0 saturated heterocycles. The molecule has 0 spiro atoms. The Balaban J connectivity index is 3.67. The van der Waals surface area contributed by atoms with E-state index in [-0.39, 0.29) is 11.9 Å². The number of hydrogen-bond donors (Lipinski definition) is 4. The highest BCUT2D eigenvalue weighted by molar-refractivity contribution is 9.10. The molecule has 0 saturated carbocycles. The number of rotatable bonds is 5. The van der Waals surface area contributed by atoms with Crippen LogP contribution in [0.2, 0.25) is 0 Å². The maximum atomic E-state index is 10.5. The van der Waals surface area contributed by atoms with Gasteiger partial charge < -0.3 is 16.2 Å². The SMILES string of the molecule is CC(CCNC(=N)N)C(Br)C(=O)O. The Morgan fingerprint density at radius 2 is 2.31 bits per heavy atom. The molecule has 76 valence electrons. The number of nitrogens with one attached hydrogen (secondary N) is 2. The van der Waals surface area contributed by atoms with Crippen molar-refractivity contribution in [3.05, 3.63) is 0 Å². The van der Waals surface area contributed by atoms with Crippen molar-refractivity contribution in [2.24, 2.45) is 11.7 Å². The molecule has 0 aliphatic rings. The normalized spacial score (nSPS) is 14.6. The number of carbonyl (C=O) groups is 1. The molecule has 0 radical (unpaired) electrons. The lowest BCUT2D eigenvalue weighted by Gasteiger charge is -2.14. The second-order valence-corrected chi connectivity index (χ2v) is 3.83. The molecular formula is C7H14BrN3O2. The lowest BCUT2D eigenvalue weighted by atomic mass is 10.0. The lowest BCUT2D eigenvalue weighted by Crippen LogP contribution is -2.33.